The number of aryl methyl sites for hydroxylation is 1. The number of carbonyl (C=O) groups excluding carboxylic acids is 1. The van der Waals surface area contributed by atoms with Gasteiger partial charge in [-0.2, -0.15) is 0 Å². The first kappa shape index (κ1) is 10.9. The van der Waals surface area contributed by atoms with E-state index in [0.29, 0.717) is 6.42 Å². The normalized spacial score (nSPS) is 12.5. The SMILES string of the molecule is CCc1cc(F)cc(C(C)CC=O)c1. The third kappa shape index (κ3) is 2.66. The van der Waals surface area contributed by atoms with Gasteiger partial charge in [0.05, 0.1) is 0 Å². The number of hydrogen-bond donors (Lipinski definition) is 0. The van der Waals surface area contributed by atoms with Crippen LogP contribution in [0, 0.1) is 5.82 Å². The van der Waals surface area contributed by atoms with E-state index in [-0.39, 0.29) is 11.7 Å². The third-order valence-electron chi connectivity index (χ3n) is 2.41. The molecule has 0 aliphatic rings. The predicted molar refractivity (Wildman–Crippen MR) is 54.9 cm³/mol. The van der Waals surface area contributed by atoms with E-state index in [4.69, 9.17) is 0 Å². The Morgan fingerprint density at radius 2 is 2.14 bits per heavy atom. The molecule has 1 atom stereocenters. The van der Waals surface area contributed by atoms with E-state index in [1.807, 2.05) is 19.9 Å². The number of halogens is 1. The second-order valence-electron chi connectivity index (χ2n) is 3.55. The van der Waals surface area contributed by atoms with Crippen LogP contribution in [0.2, 0.25) is 0 Å². The minimum absolute atomic E-state index is 0.105. The zero-order valence-corrected chi connectivity index (χ0v) is 8.59. The van der Waals surface area contributed by atoms with Crippen LogP contribution in [0.3, 0.4) is 0 Å². The van der Waals surface area contributed by atoms with Gasteiger partial charge in [0.1, 0.15) is 12.1 Å². The van der Waals surface area contributed by atoms with Gasteiger partial charge in [0.15, 0.2) is 0 Å². The van der Waals surface area contributed by atoms with Crippen LogP contribution < -0.4 is 0 Å². The molecule has 0 radical (unpaired) electrons. The van der Waals surface area contributed by atoms with Crippen molar-refractivity contribution in [1.29, 1.82) is 0 Å². The van der Waals surface area contributed by atoms with E-state index in [2.05, 4.69) is 0 Å². The molecule has 2 heteroatoms. The van der Waals surface area contributed by atoms with Gasteiger partial charge in [0.25, 0.3) is 0 Å². The molecular weight excluding hydrogens is 179 g/mol. The van der Waals surface area contributed by atoms with Crippen LogP contribution in [-0.2, 0) is 11.2 Å². The summed E-state index contributed by atoms with van der Waals surface area (Å²) >= 11 is 0. The molecule has 1 rings (SSSR count). The molecule has 0 fully saturated rings. The lowest BCUT2D eigenvalue weighted by molar-refractivity contribution is -0.108. The summed E-state index contributed by atoms with van der Waals surface area (Å²) in [4.78, 5) is 10.3. The van der Waals surface area contributed by atoms with Gasteiger partial charge < -0.3 is 4.79 Å². The maximum atomic E-state index is 13.1. The molecule has 76 valence electrons. The average Bonchev–Trinajstić information content (AvgIpc) is 2.17. The molecule has 0 aliphatic carbocycles. The van der Waals surface area contributed by atoms with Crippen molar-refractivity contribution in [2.45, 2.75) is 32.6 Å². The summed E-state index contributed by atoms with van der Waals surface area (Å²) in [6, 6.07) is 5.02. The molecular formula is C12H15FO. The molecule has 0 amide bonds. The van der Waals surface area contributed by atoms with E-state index >= 15 is 0 Å². The second kappa shape index (κ2) is 4.89. The lowest BCUT2D eigenvalue weighted by Gasteiger charge is -2.09. The second-order valence-corrected chi connectivity index (χ2v) is 3.55. The van der Waals surface area contributed by atoms with Crippen LogP contribution in [0.5, 0.6) is 0 Å². The summed E-state index contributed by atoms with van der Waals surface area (Å²) < 4.78 is 13.1. The first-order valence-electron chi connectivity index (χ1n) is 4.90. The molecule has 0 saturated carbocycles. The largest absolute Gasteiger partial charge is 0.303 e. The van der Waals surface area contributed by atoms with Gasteiger partial charge in [-0.15, -0.1) is 0 Å². The summed E-state index contributed by atoms with van der Waals surface area (Å²) in [6.07, 6.45) is 2.15. The highest BCUT2D eigenvalue weighted by Gasteiger charge is 2.07. The third-order valence-corrected chi connectivity index (χ3v) is 2.41. The van der Waals surface area contributed by atoms with Gasteiger partial charge in [-0.1, -0.05) is 19.9 Å². The fourth-order valence-electron chi connectivity index (χ4n) is 1.44. The highest BCUT2D eigenvalue weighted by Crippen LogP contribution is 2.20. The van der Waals surface area contributed by atoms with E-state index in [1.165, 1.54) is 12.1 Å². The van der Waals surface area contributed by atoms with Crippen LogP contribution in [0.15, 0.2) is 18.2 Å². The molecule has 1 aromatic carbocycles. The van der Waals surface area contributed by atoms with E-state index in [1.54, 1.807) is 0 Å². The molecule has 0 aliphatic heterocycles. The van der Waals surface area contributed by atoms with Gasteiger partial charge in [0, 0.05) is 6.42 Å². The molecule has 0 aromatic heterocycles. The van der Waals surface area contributed by atoms with Gasteiger partial charge in [-0.3, -0.25) is 0 Å². The van der Waals surface area contributed by atoms with Crippen molar-refractivity contribution in [3.8, 4) is 0 Å². The molecule has 0 saturated heterocycles. The number of benzene rings is 1. The number of aldehydes is 1. The fraction of sp³-hybridized carbons (Fsp3) is 0.417. The first-order chi connectivity index (χ1) is 6.67. The molecule has 1 nitrogen and oxygen atoms in total. The Hall–Kier alpha value is -1.18. The summed E-state index contributed by atoms with van der Waals surface area (Å²) in [5.41, 5.74) is 1.90. The minimum atomic E-state index is -0.211. The Labute approximate surface area is 83.9 Å². The summed E-state index contributed by atoms with van der Waals surface area (Å²) in [6.45, 7) is 3.92. The Morgan fingerprint density at radius 1 is 1.43 bits per heavy atom. The monoisotopic (exact) mass is 194 g/mol. The fourth-order valence-corrected chi connectivity index (χ4v) is 1.44. The Morgan fingerprint density at radius 3 is 2.71 bits per heavy atom. The highest BCUT2D eigenvalue weighted by atomic mass is 19.1. The summed E-state index contributed by atoms with van der Waals surface area (Å²) in [5, 5.41) is 0. The summed E-state index contributed by atoms with van der Waals surface area (Å²) in [7, 11) is 0. The van der Waals surface area contributed by atoms with E-state index in [9.17, 15) is 9.18 Å². The lowest BCUT2D eigenvalue weighted by Crippen LogP contribution is -1.97. The smallest absolute Gasteiger partial charge is 0.123 e. The average molecular weight is 194 g/mol. The Balaban J connectivity index is 2.96. The van der Waals surface area contributed by atoms with Gasteiger partial charge in [0.2, 0.25) is 0 Å². The molecule has 0 bridgehead atoms. The van der Waals surface area contributed by atoms with Crippen LogP contribution in [-0.4, -0.2) is 6.29 Å². The van der Waals surface area contributed by atoms with Crippen molar-refractivity contribution in [1.82, 2.24) is 0 Å². The molecule has 0 spiro atoms. The van der Waals surface area contributed by atoms with Gasteiger partial charge in [-0.25, -0.2) is 4.39 Å². The van der Waals surface area contributed by atoms with Crippen LogP contribution in [0.4, 0.5) is 4.39 Å². The van der Waals surface area contributed by atoms with E-state index in [0.717, 1.165) is 23.8 Å². The first-order valence-corrected chi connectivity index (χ1v) is 4.90. The predicted octanol–water partition coefficient (Wildman–Crippen LogP) is 3.08. The van der Waals surface area contributed by atoms with Crippen molar-refractivity contribution in [3.63, 3.8) is 0 Å². The van der Waals surface area contributed by atoms with Crippen molar-refractivity contribution >= 4 is 6.29 Å². The van der Waals surface area contributed by atoms with E-state index < -0.39 is 0 Å². The van der Waals surface area contributed by atoms with Gasteiger partial charge in [-0.05, 0) is 35.6 Å². The maximum absolute atomic E-state index is 13.1. The van der Waals surface area contributed by atoms with Crippen molar-refractivity contribution < 1.29 is 9.18 Å². The van der Waals surface area contributed by atoms with Crippen LogP contribution in [0.1, 0.15) is 37.3 Å². The minimum Gasteiger partial charge on any atom is -0.303 e. The van der Waals surface area contributed by atoms with Crippen molar-refractivity contribution in [2.75, 3.05) is 0 Å². The molecule has 0 heterocycles. The maximum Gasteiger partial charge on any atom is 0.123 e. The lowest BCUT2D eigenvalue weighted by atomic mass is 9.96. The molecule has 1 aromatic rings. The van der Waals surface area contributed by atoms with Crippen LogP contribution in [0.25, 0.3) is 0 Å². The zero-order valence-electron chi connectivity index (χ0n) is 8.59. The summed E-state index contributed by atoms with van der Waals surface area (Å²) in [5.74, 6) is -0.106. The highest BCUT2D eigenvalue weighted by molar-refractivity contribution is 5.51. The standard InChI is InChI=1S/C12H15FO/c1-3-10-6-11(8-12(13)7-10)9(2)4-5-14/h5-9H,3-4H2,1-2H3. The van der Waals surface area contributed by atoms with Gasteiger partial charge >= 0.3 is 0 Å². The number of rotatable bonds is 4. The Bertz CT molecular complexity index is 320. The van der Waals surface area contributed by atoms with Crippen molar-refractivity contribution in [2.24, 2.45) is 0 Å². The number of carbonyl (C=O) groups is 1. The molecule has 0 N–H and O–H groups in total. The van der Waals surface area contributed by atoms with Crippen molar-refractivity contribution in [3.05, 3.63) is 35.1 Å². The molecule has 1 unspecified atom stereocenters. The molecule has 14 heavy (non-hydrogen) atoms. The van der Waals surface area contributed by atoms with Crippen LogP contribution >= 0.6 is 0 Å². The quantitative estimate of drug-likeness (QED) is 0.673. The topological polar surface area (TPSA) is 17.1 Å². The number of hydrogen-bond acceptors (Lipinski definition) is 1. The zero-order chi connectivity index (χ0) is 10.6. The Kier molecular flexibility index (Phi) is 3.81.